The van der Waals surface area contributed by atoms with Gasteiger partial charge in [0.05, 0.1) is 10.5 Å². The highest BCUT2D eigenvalue weighted by molar-refractivity contribution is 9.09. The van der Waals surface area contributed by atoms with Crippen molar-refractivity contribution in [2.24, 2.45) is 0 Å². The summed E-state index contributed by atoms with van der Waals surface area (Å²) in [6.45, 7) is -0.358. The second-order valence-electron chi connectivity index (χ2n) is 4.90. The molecule has 9 nitrogen and oxygen atoms in total. The van der Waals surface area contributed by atoms with E-state index in [0.717, 1.165) is 12.1 Å². The Morgan fingerprint density at radius 1 is 1.22 bits per heavy atom. The number of halogens is 1. The number of hydrogen-bond acceptors (Lipinski definition) is 8. The molecule has 0 saturated carbocycles. The summed E-state index contributed by atoms with van der Waals surface area (Å²) < 4.78 is 10.2. The molecule has 126 valence electrons. The van der Waals surface area contributed by atoms with Crippen molar-refractivity contribution in [2.75, 3.05) is 6.61 Å². The van der Waals surface area contributed by atoms with Gasteiger partial charge < -0.3 is 24.8 Å². The lowest BCUT2D eigenvalue weighted by Gasteiger charge is -2.38. The molecule has 3 N–H and O–H groups in total. The monoisotopic (exact) mass is 391 g/mol. The first kappa shape index (κ1) is 17.8. The highest BCUT2D eigenvalue weighted by Crippen LogP contribution is 2.25. The van der Waals surface area contributed by atoms with Crippen molar-refractivity contribution >= 4 is 27.6 Å². The topological polar surface area (TPSA) is 139 Å². The number of nitrogens with zero attached hydrogens (tertiary/aromatic N) is 1. The molecule has 23 heavy (non-hydrogen) atoms. The normalized spacial score (nSPS) is 30.7. The number of alkyl halides is 1. The molecule has 0 spiro atoms. The van der Waals surface area contributed by atoms with E-state index in [1.54, 1.807) is 0 Å². The van der Waals surface area contributed by atoms with E-state index < -0.39 is 40.3 Å². The summed E-state index contributed by atoms with van der Waals surface area (Å²) in [6.07, 6.45) is -5.22. The molecule has 2 rings (SSSR count). The van der Waals surface area contributed by atoms with Crippen LogP contribution in [0.2, 0.25) is 0 Å². The van der Waals surface area contributed by atoms with Gasteiger partial charge in [-0.25, -0.2) is 4.79 Å². The summed E-state index contributed by atoms with van der Waals surface area (Å²) >= 11 is 2.99. The van der Waals surface area contributed by atoms with E-state index in [1.165, 1.54) is 12.1 Å². The molecular weight excluding hydrogens is 378 g/mol. The molecule has 5 atom stereocenters. The number of rotatable bonds is 4. The molecule has 1 aromatic rings. The van der Waals surface area contributed by atoms with Crippen LogP contribution in [0, 0.1) is 10.1 Å². The van der Waals surface area contributed by atoms with Gasteiger partial charge >= 0.3 is 5.97 Å². The fraction of sp³-hybridized carbons (Fsp3) is 0.462. The van der Waals surface area contributed by atoms with Crippen LogP contribution >= 0.6 is 15.9 Å². The molecule has 1 aliphatic heterocycles. The summed E-state index contributed by atoms with van der Waals surface area (Å²) in [7, 11) is 0. The van der Waals surface area contributed by atoms with Crippen molar-refractivity contribution < 1.29 is 34.5 Å². The molecule has 0 bridgehead atoms. The van der Waals surface area contributed by atoms with E-state index in [-0.39, 0.29) is 17.9 Å². The Hall–Kier alpha value is -1.59. The zero-order chi connectivity index (χ0) is 17.1. The molecule has 0 amide bonds. The molecule has 0 radical (unpaired) electrons. The van der Waals surface area contributed by atoms with E-state index in [9.17, 15) is 30.2 Å². The van der Waals surface area contributed by atoms with Gasteiger partial charge in [-0.2, -0.15) is 0 Å². The molecule has 0 aromatic heterocycles. The molecule has 1 aromatic carbocycles. The molecule has 1 saturated heterocycles. The maximum atomic E-state index is 11.8. The van der Waals surface area contributed by atoms with E-state index in [4.69, 9.17) is 9.47 Å². The van der Waals surface area contributed by atoms with Crippen molar-refractivity contribution in [3.8, 4) is 0 Å². The minimum Gasteiger partial charge on any atom is -0.459 e. The summed E-state index contributed by atoms with van der Waals surface area (Å²) in [6, 6.07) is 4.81. The number of non-ortho nitro benzene ring substituents is 1. The Morgan fingerprint density at radius 3 is 2.39 bits per heavy atom. The molecule has 1 heterocycles. The molecule has 0 aliphatic carbocycles. The van der Waals surface area contributed by atoms with Crippen LogP contribution in [0.15, 0.2) is 24.3 Å². The maximum Gasteiger partial charge on any atom is 0.338 e. The third-order valence-electron chi connectivity index (χ3n) is 3.35. The van der Waals surface area contributed by atoms with Gasteiger partial charge in [0, 0.05) is 12.1 Å². The molecular formula is C13H14BrNO8. The number of aliphatic hydroxyl groups excluding tert-OH is 3. The molecule has 0 unspecified atom stereocenters. The van der Waals surface area contributed by atoms with E-state index in [1.807, 2.05) is 0 Å². The van der Waals surface area contributed by atoms with Gasteiger partial charge in [0.1, 0.15) is 36.0 Å². The summed E-state index contributed by atoms with van der Waals surface area (Å²) in [4.78, 5) is 21.8. The minimum absolute atomic E-state index is 0.0943. The highest BCUT2D eigenvalue weighted by atomic mass is 79.9. The number of nitro groups is 1. The average Bonchev–Trinajstić information content (AvgIpc) is 2.54. The van der Waals surface area contributed by atoms with Gasteiger partial charge in [-0.3, -0.25) is 10.1 Å². The van der Waals surface area contributed by atoms with Crippen LogP contribution in [-0.4, -0.2) is 62.2 Å². The number of carbonyl (C=O) groups is 1. The first-order valence-electron chi connectivity index (χ1n) is 6.56. The van der Waals surface area contributed by atoms with Crippen molar-refractivity contribution in [2.45, 2.75) is 29.4 Å². The first-order chi connectivity index (χ1) is 10.8. The minimum atomic E-state index is -1.45. The maximum absolute atomic E-state index is 11.8. The van der Waals surface area contributed by atoms with Gasteiger partial charge in [0.2, 0.25) is 0 Å². The number of aliphatic hydroxyl groups is 3. The molecule has 1 aliphatic rings. The van der Waals surface area contributed by atoms with E-state index >= 15 is 0 Å². The Balaban J connectivity index is 1.94. The lowest BCUT2D eigenvalue weighted by molar-refractivity contribution is -0.384. The van der Waals surface area contributed by atoms with Gasteiger partial charge in [0.25, 0.3) is 5.69 Å². The lowest BCUT2D eigenvalue weighted by atomic mass is 10.0. The summed E-state index contributed by atoms with van der Waals surface area (Å²) in [5, 5.41) is 38.6. The standard InChI is InChI=1S/C13H14BrNO8/c14-12-11(18)10(17)9(16)8(23-12)5-22-13(19)6-1-3-7(4-2-6)15(20)21/h1-4,8-12,16-18H,5H2/t8-,9-,10+,11-,12+/m1/s1. The highest BCUT2D eigenvalue weighted by Gasteiger charge is 2.43. The number of nitro benzene ring substituents is 1. The number of esters is 1. The quantitative estimate of drug-likeness (QED) is 0.281. The van der Waals surface area contributed by atoms with Crippen LogP contribution in [0.4, 0.5) is 5.69 Å². The second-order valence-corrected chi connectivity index (χ2v) is 5.80. The van der Waals surface area contributed by atoms with Crippen molar-refractivity contribution in [1.29, 1.82) is 0 Å². The zero-order valence-corrected chi connectivity index (χ0v) is 13.2. The predicted molar refractivity (Wildman–Crippen MR) is 79.0 cm³/mol. The van der Waals surface area contributed by atoms with Crippen molar-refractivity contribution in [3.63, 3.8) is 0 Å². The fourth-order valence-electron chi connectivity index (χ4n) is 2.00. The zero-order valence-electron chi connectivity index (χ0n) is 11.6. The Morgan fingerprint density at radius 2 is 1.83 bits per heavy atom. The first-order valence-corrected chi connectivity index (χ1v) is 7.48. The Labute approximate surface area is 138 Å². The van der Waals surface area contributed by atoms with Gasteiger partial charge in [-0.1, -0.05) is 15.9 Å². The SMILES string of the molecule is O=C(OC[C@H]1O[C@H](Br)[C@H](O)[C@@H](O)[C@@H]1O)c1ccc([N+](=O)[O-])cc1. The van der Waals surface area contributed by atoms with Crippen LogP contribution in [-0.2, 0) is 9.47 Å². The van der Waals surface area contributed by atoms with Gasteiger partial charge in [0.15, 0.2) is 0 Å². The second kappa shape index (κ2) is 7.32. The van der Waals surface area contributed by atoms with Crippen LogP contribution in [0.3, 0.4) is 0 Å². The van der Waals surface area contributed by atoms with Crippen LogP contribution in [0.5, 0.6) is 0 Å². The van der Waals surface area contributed by atoms with Crippen LogP contribution in [0.1, 0.15) is 10.4 Å². The number of carbonyl (C=O) groups excluding carboxylic acids is 1. The Kier molecular flexibility index (Phi) is 5.65. The number of benzene rings is 1. The van der Waals surface area contributed by atoms with Crippen molar-refractivity contribution in [3.05, 3.63) is 39.9 Å². The van der Waals surface area contributed by atoms with Crippen LogP contribution < -0.4 is 0 Å². The molecule has 10 heteroatoms. The van der Waals surface area contributed by atoms with Gasteiger partial charge in [-0.15, -0.1) is 0 Å². The van der Waals surface area contributed by atoms with Crippen molar-refractivity contribution in [1.82, 2.24) is 0 Å². The smallest absolute Gasteiger partial charge is 0.338 e. The molecule has 1 fully saturated rings. The fourth-order valence-corrected chi connectivity index (χ4v) is 2.59. The number of ether oxygens (including phenoxy) is 2. The predicted octanol–water partition coefficient (Wildman–Crippen LogP) is -0.0459. The average molecular weight is 392 g/mol. The van der Waals surface area contributed by atoms with E-state index in [0.29, 0.717) is 0 Å². The lowest BCUT2D eigenvalue weighted by Crippen LogP contribution is -2.57. The van der Waals surface area contributed by atoms with Crippen LogP contribution in [0.25, 0.3) is 0 Å². The third-order valence-corrected chi connectivity index (χ3v) is 4.10. The largest absolute Gasteiger partial charge is 0.459 e. The number of hydrogen-bond donors (Lipinski definition) is 3. The summed E-state index contributed by atoms with van der Waals surface area (Å²) in [5.74, 6) is -0.762. The Bertz CT molecular complexity index is 580. The van der Waals surface area contributed by atoms with E-state index in [2.05, 4.69) is 15.9 Å². The van der Waals surface area contributed by atoms with Gasteiger partial charge in [-0.05, 0) is 12.1 Å². The third kappa shape index (κ3) is 4.03. The summed E-state index contributed by atoms with van der Waals surface area (Å²) in [5.41, 5.74) is -0.0660.